The number of allylic oxidation sites excluding steroid dienone is 1. The van der Waals surface area contributed by atoms with Crippen molar-refractivity contribution in [2.45, 2.75) is 31.5 Å². The number of aromatic nitrogens is 2. The van der Waals surface area contributed by atoms with Gasteiger partial charge in [-0.3, -0.25) is 0 Å². The molecular formula is C15H17F2N3O. The molecule has 2 atom stereocenters. The van der Waals surface area contributed by atoms with Crippen LogP contribution in [0.15, 0.2) is 30.6 Å². The smallest absolute Gasteiger partial charge is 0.153 e. The fourth-order valence-electron chi connectivity index (χ4n) is 2.65. The van der Waals surface area contributed by atoms with E-state index in [9.17, 15) is 13.9 Å². The minimum atomic E-state index is -0.655. The average molecular weight is 293 g/mol. The van der Waals surface area contributed by atoms with Gasteiger partial charge in [-0.1, -0.05) is 12.2 Å². The molecule has 3 rings (SSSR count). The number of benzene rings is 1. The van der Waals surface area contributed by atoms with Gasteiger partial charge >= 0.3 is 0 Å². The Labute approximate surface area is 121 Å². The second kappa shape index (κ2) is 5.91. The minimum Gasteiger partial charge on any atom is -0.391 e. The number of hydrogen-bond donors (Lipinski definition) is 2. The van der Waals surface area contributed by atoms with Crippen molar-refractivity contribution >= 4 is 11.0 Å². The molecule has 2 N–H and O–H groups in total. The summed E-state index contributed by atoms with van der Waals surface area (Å²) < 4.78 is 28.5. The second-order valence-electron chi connectivity index (χ2n) is 5.27. The molecule has 6 heteroatoms. The van der Waals surface area contributed by atoms with E-state index in [0.29, 0.717) is 12.1 Å². The predicted octanol–water partition coefficient (Wildman–Crippen LogP) is 1.98. The van der Waals surface area contributed by atoms with E-state index in [1.807, 2.05) is 12.2 Å². The molecule has 21 heavy (non-hydrogen) atoms. The quantitative estimate of drug-likeness (QED) is 0.851. The van der Waals surface area contributed by atoms with Crippen molar-refractivity contribution in [3.05, 3.63) is 42.2 Å². The molecule has 0 unspecified atom stereocenters. The highest BCUT2D eigenvalue weighted by atomic mass is 19.1. The monoisotopic (exact) mass is 293 g/mol. The molecule has 4 nitrogen and oxygen atoms in total. The van der Waals surface area contributed by atoms with Gasteiger partial charge < -0.3 is 15.0 Å². The molecular weight excluding hydrogens is 276 g/mol. The van der Waals surface area contributed by atoms with Crippen LogP contribution in [0.4, 0.5) is 8.78 Å². The van der Waals surface area contributed by atoms with Crippen molar-refractivity contribution in [3.8, 4) is 0 Å². The van der Waals surface area contributed by atoms with Crippen LogP contribution in [0, 0.1) is 11.6 Å². The lowest BCUT2D eigenvalue weighted by Crippen LogP contribution is -2.43. The highest BCUT2D eigenvalue weighted by molar-refractivity contribution is 5.76. The standard InChI is InChI=1S/C15H17F2N3O/c16-10-7-11(17)15-13(8-10)20(9-19-15)6-2-3-12-14(21)4-1-5-18-12/h2-3,7-9,12,14,18,21H,1,4-6H2/b3-2+/t12-,14+/m1/s1. The molecule has 1 aromatic heterocycles. The van der Waals surface area contributed by atoms with E-state index >= 15 is 0 Å². The van der Waals surface area contributed by atoms with Gasteiger partial charge in [0.25, 0.3) is 0 Å². The second-order valence-corrected chi connectivity index (χ2v) is 5.27. The topological polar surface area (TPSA) is 50.1 Å². The fraction of sp³-hybridized carbons (Fsp3) is 0.400. The van der Waals surface area contributed by atoms with E-state index in [0.717, 1.165) is 25.5 Å². The number of nitrogens with zero attached hydrogens (tertiary/aromatic N) is 2. The summed E-state index contributed by atoms with van der Waals surface area (Å²) in [5.41, 5.74) is 0.593. The maximum absolute atomic E-state index is 13.5. The summed E-state index contributed by atoms with van der Waals surface area (Å²) in [6.07, 6.45) is 6.62. The molecule has 2 heterocycles. The van der Waals surface area contributed by atoms with Crippen molar-refractivity contribution in [1.29, 1.82) is 0 Å². The normalized spacial score (nSPS) is 23.2. The third-order valence-corrected chi connectivity index (χ3v) is 3.76. The van der Waals surface area contributed by atoms with E-state index in [1.165, 1.54) is 12.4 Å². The van der Waals surface area contributed by atoms with Crippen LogP contribution in [0.2, 0.25) is 0 Å². The Bertz CT molecular complexity index is 668. The van der Waals surface area contributed by atoms with Crippen molar-refractivity contribution < 1.29 is 13.9 Å². The Kier molecular flexibility index (Phi) is 3.98. The number of rotatable bonds is 3. The Hall–Kier alpha value is -1.79. The van der Waals surface area contributed by atoms with Gasteiger partial charge in [0.05, 0.1) is 24.0 Å². The number of aliphatic hydroxyl groups is 1. The van der Waals surface area contributed by atoms with Crippen molar-refractivity contribution in [2.75, 3.05) is 6.54 Å². The average Bonchev–Trinajstić information content (AvgIpc) is 2.84. The highest BCUT2D eigenvalue weighted by Crippen LogP contribution is 2.18. The van der Waals surface area contributed by atoms with Crippen LogP contribution in [0.3, 0.4) is 0 Å². The summed E-state index contributed by atoms with van der Waals surface area (Å²) in [7, 11) is 0. The fourth-order valence-corrected chi connectivity index (χ4v) is 2.65. The first kappa shape index (κ1) is 14.2. The van der Waals surface area contributed by atoms with Gasteiger partial charge in [0, 0.05) is 12.6 Å². The number of piperidine rings is 1. The summed E-state index contributed by atoms with van der Waals surface area (Å²) >= 11 is 0. The first-order valence-electron chi connectivity index (χ1n) is 7.03. The number of aliphatic hydroxyl groups excluding tert-OH is 1. The SMILES string of the molecule is O[C@H]1CCCN[C@@H]1/C=C/Cn1cnc2c(F)cc(F)cc21. The molecule has 0 radical (unpaired) electrons. The molecule has 1 aliphatic rings. The molecule has 1 saturated heterocycles. The summed E-state index contributed by atoms with van der Waals surface area (Å²) in [6.45, 7) is 1.33. The van der Waals surface area contributed by atoms with E-state index in [2.05, 4.69) is 10.3 Å². The number of imidazole rings is 1. The maximum atomic E-state index is 13.5. The van der Waals surface area contributed by atoms with Gasteiger partial charge in [0.15, 0.2) is 5.82 Å². The molecule has 1 aliphatic heterocycles. The Morgan fingerprint density at radius 3 is 3.10 bits per heavy atom. The number of hydrogen-bond acceptors (Lipinski definition) is 3. The first-order chi connectivity index (χ1) is 10.1. The van der Waals surface area contributed by atoms with Crippen molar-refractivity contribution in [2.24, 2.45) is 0 Å². The summed E-state index contributed by atoms with van der Waals surface area (Å²) in [4.78, 5) is 3.96. The van der Waals surface area contributed by atoms with Crippen LogP contribution in [-0.4, -0.2) is 33.3 Å². The van der Waals surface area contributed by atoms with Crippen molar-refractivity contribution in [3.63, 3.8) is 0 Å². The Balaban J connectivity index is 1.76. The molecule has 1 aromatic carbocycles. The van der Waals surface area contributed by atoms with Crippen LogP contribution < -0.4 is 5.32 Å². The van der Waals surface area contributed by atoms with Gasteiger partial charge in [-0.2, -0.15) is 0 Å². The van der Waals surface area contributed by atoms with Gasteiger partial charge in [-0.25, -0.2) is 13.8 Å². The maximum Gasteiger partial charge on any atom is 0.153 e. The summed E-state index contributed by atoms with van der Waals surface area (Å²) in [5, 5.41) is 13.1. The zero-order valence-electron chi connectivity index (χ0n) is 11.5. The number of fused-ring (bicyclic) bond motifs is 1. The molecule has 112 valence electrons. The van der Waals surface area contributed by atoms with Crippen LogP contribution in [0.25, 0.3) is 11.0 Å². The third-order valence-electron chi connectivity index (χ3n) is 3.76. The molecule has 0 aliphatic carbocycles. The lowest BCUT2D eigenvalue weighted by atomic mass is 10.0. The van der Waals surface area contributed by atoms with Crippen LogP contribution in [-0.2, 0) is 6.54 Å². The molecule has 0 saturated carbocycles. The van der Waals surface area contributed by atoms with Crippen LogP contribution in [0.5, 0.6) is 0 Å². The molecule has 2 aromatic rings. The Morgan fingerprint density at radius 1 is 1.43 bits per heavy atom. The van der Waals surface area contributed by atoms with E-state index < -0.39 is 11.6 Å². The Morgan fingerprint density at radius 2 is 2.29 bits per heavy atom. The lowest BCUT2D eigenvalue weighted by molar-refractivity contribution is 0.115. The van der Waals surface area contributed by atoms with Gasteiger partial charge in [0.2, 0.25) is 0 Å². The number of nitrogens with one attached hydrogen (secondary N) is 1. The summed E-state index contributed by atoms with van der Waals surface area (Å²) in [6, 6.07) is 2.03. The molecule has 1 fully saturated rings. The third kappa shape index (κ3) is 2.96. The minimum absolute atomic E-state index is 0.0676. The zero-order chi connectivity index (χ0) is 14.8. The highest BCUT2D eigenvalue weighted by Gasteiger charge is 2.19. The number of halogens is 2. The largest absolute Gasteiger partial charge is 0.391 e. The van der Waals surface area contributed by atoms with Gasteiger partial charge in [-0.15, -0.1) is 0 Å². The molecule has 0 bridgehead atoms. The predicted molar refractivity (Wildman–Crippen MR) is 75.8 cm³/mol. The first-order valence-corrected chi connectivity index (χ1v) is 7.03. The van der Waals surface area contributed by atoms with E-state index in [4.69, 9.17) is 0 Å². The molecule has 0 amide bonds. The van der Waals surface area contributed by atoms with Gasteiger partial charge in [0.1, 0.15) is 11.3 Å². The lowest BCUT2D eigenvalue weighted by Gasteiger charge is -2.26. The van der Waals surface area contributed by atoms with E-state index in [-0.39, 0.29) is 17.7 Å². The van der Waals surface area contributed by atoms with Crippen LogP contribution >= 0.6 is 0 Å². The summed E-state index contributed by atoms with van der Waals surface area (Å²) in [5.74, 6) is -1.27. The van der Waals surface area contributed by atoms with E-state index in [1.54, 1.807) is 4.57 Å². The van der Waals surface area contributed by atoms with Gasteiger partial charge in [-0.05, 0) is 25.5 Å². The van der Waals surface area contributed by atoms with Crippen LogP contribution in [0.1, 0.15) is 12.8 Å². The zero-order valence-corrected chi connectivity index (χ0v) is 11.5. The molecule has 0 spiro atoms. The van der Waals surface area contributed by atoms with Crippen molar-refractivity contribution in [1.82, 2.24) is 14.9 Å².